The van der Waals surface area contributed by atoms with Gasteiger partial charge in [-0.05, 0) is 81.7 Å². The number of hydrogen-bond acceptors (Lipinski definition) is 4. The first kappa shape index (κ1) is 32.0. The van der Waals surface area contributed by atoms with E-state index in [-0.39, 0.29) is 30.2 Å². The number of carbonyl (C=O) groups is 2. The molecule has 2 N–H and O–H groups in total. The molecule has 1 atom stereocenters. The van der Waals surface area contributed by atoms with Crippen LogP contribution in [0, 0.1) is 0 Å². The zero-order valence-electron chi connectivity index (χ0n) is 22.5. The van der Waals surface area contributed by atoms with E-state index in [1.165, 1.54) is 75.2 Å². The topological polar surface area (TPSA) is 77.8 Å². The van der Waals surface area contributed by atoms with Gasteiger partial charge in [-0.15, -0.1) is 0 Å². The third-order valence-electron chi connectivity index (χ3n) is 7.24. The lowest BCUT2D eigenvalue weighted by Crippen LogP contribution is -2.40. The normalized spacial score (nSPS) is 17.8. The molecule has 5 nitrogen and oxygen atoms in total. The summed E-state index contributed by atoms with van der Waals surface area (Å²) in [5.74, 6) is -0.917. The molecular formula is C30H45Br2NO4. The molecule has 0 spiro atoms. The Morgan fingerprint density at radius 2 is 1.46 bits per heavy atom. The molecule has 0 saturated carbocycles. The summed E-state index contributed by atoms with van der Waals surface area (Å²) >= 11 is 6.55. The number of amides is 2. The number of likely N-dealkylation sites (tertiary alicyclic amines) is 1. The van der Waals surface area contributed by atoms with Gasteiger partial charge in [0.2, 0.25) is 5.91 Å². The van der Waals surface area contributed by atoms with Crippen LogP contribution in [0.25, 0.3) is 0 Å². The summed E-state index contributed by atoms with van der Waals surface area (Å²) in [5, 5.41) is 21.1. The molecule has 1 heterocycles. The van der Waals surface area contributed by atoms with Crippen LogP contribution in [-0.2, 0) is 15.2 Å². The second-order valence-corrected chi connectivity index (χ2v) is 11.9. The van der Waals surface area contributed by atoms with E-state index in [1.807, 2.05) is 0 Å². The maximum absolute atomic E-state index is 12.9. The molecule has 37 heavy (non-hydrogen) atoms. The zero-order valence-corrected chi connectivity index (χ0v) is 25.6. The number of benzene rings is 1. The van der Waals surface area contributed by atoms with Crippen molar-refractivity contribution in [2.75, 3.05) is 6.54 Å². The van der Waals surface area contributed by atoms with Crippen molar-refractivity contribution in [1.29, 1.82) is 0 Å². The number of phenols is 1. The number of aliphatic hydroxyl groups is 1. The van der Waals surface area contributed by atoms with Gasteiger partial charge in [0.15, 0.2) is 5.60 Å². The van der Waals surface area contributed by atoms with E-state index in [0.29, 0.717) is 15.4 Å². The van der Waals surface area contributed by atoms with Gasteiger partial charge in [-0.2, -0.15) is 0 Å². The Morgan fingerprint density at radius 1 is 0.919 bits per heavy atom. The Bertz CT molecular complexity index is 865. The van der Waals surface area contributed by atoms with Crippen LogP contribution in [0.5, 0.6) is 5.75 Å². The number of rotatable bonds is 18. The van der Waals surface area contributed by atoms with Crippen LogP contribution in [0.2, 0.25) is 0 Å². The van der Waals surface area contributed by atoms with Gasteiger partial charge in [0, 0.05) is 23.9 Å². The molecule has 0 aromatic heterocycles. The smallest absolute Gasteiger partial charge is 0.265 e. The summed E-state index contributed by atoms with van der Waals surface area (Å²) < 4.78 is 0.986. The first-order valence-corrected chi connectivity index (χ1v) is 15.8. The third-order valence-corrected chi connectivity index (χ3v) is 9.23. The Labute approximate surface area is 240 Å². The van der Waals surface area contributed by atoms with Crippen molar-refractivity contribution < 1.29 is 19.8 Å². The molecule has 2 amide bonds. The van der Waals surface area contributed by atoms with Crippen LogP contribution in [0.4, 0.5) is 0 Å². The average Bonchev–Trinajstić information content (AvgIpc) is 3.19. The Kier molecular flexibility index (Phi) is 15.1. The van der Waals surface area contributed by atoms with Crippen molar-refractivity contribution in [2.45, 2.75) is 122 Å². The van der Waals surface area contributed by atoms with Crippen LogP contribution in [0.15, 0.2) is 33.2 Å². The Hall–Kier alpha value is -1.18. The van der Waals surface area contributed by atoms with E-state index in [9.17, 15) is 19.8 Å². The molecule has 1 aromatic rings. The van der Waals surface area contributed by atoms with Gasteiger partial charge >= 0.3 is 0 Å². The molecule has 0 aliphatic carbocycles. The van der Waals surface area contributed by atoms with Crippen molar-refractivity contribution in [3.63, 3.8) is 0 Å². The highest BCUT2D eigenvalue weighted by Gasteiger charge is 2.48. The minimum absolute atomic E-state index is 0.0753. The number of aromatic hydroxyl groups is 1. The predicted molar refractivity (Wildman–Crippen MR) is 157 cm³/mol. The molecule has 1 aromatic carbocycles. The van der Waals surface area contributed by atoms with Gasteiger partial charge in [0.25, 0.3) is 5.91 Å². The number of hydrogen-bond donors (Lipinski definition) is 2. The zero-order chi connectivity index (χ0) is 27.1. The summed E-state index contributed by atoms with van der Waals surface area (Å²) in [5.41, 5.74) is -1.51. The highest BCUT2D eigenvalue weighted by atomic mass is 79.9. The lowest BCUT2D eigenvalue weighted by molar-refractivity contribution is -0.151. The largest absolute Gasteiger partial charge is 0.507 e. The number of carbonyl (C=O) groups excluding carboxylic acids is 2. The van der Waals surface area contributed by atoms with Gasteiger partial charge in [-0.3, -0.25) is 14.5 Å². The molecule has 1 fully saturated rings. The lowest BCUT2D eigenvalue weighted by atomic mass is 9.92. The first-order valence-electron chi connectivity index (χ1n) is 14.2. The SMILES string of the molecule is CCCCCCCCCCC/C=C/CCCCCCC(=O)N1CCC(O)(c2cc(O)c(Br)c(Br)c2)C1=O. The lowest BCUT2D eigenvalue weighted by Gasteiger charge is -2.23. The van der Waals surface area contributed by atoms with Gasteiger partial charge in [-0.25, -0.2) is 0 Å². The number of halogens is 2. The molecule has 2 rings (SSSR count). The second-order valence-electron chi connectivity index (χ2n) is 10.3. The van der Waals surface area contributed by atoms with Crippen LogP contribution in [-0.4, -0.2) is 33.5 Å². The van der Waals surface area contributed by atoms with E-state index in [1.54, 1.807) is 6.07 Å². The van der Waals surface area contributed by atoms with Gasteiger partial charge in [-0.1, -0.05) is 83.3 Å². The molecule has 0 radical (unpaired) electrons. The first-order chi connectivity index (χ1) is 17.8. The third kappa shape index (κ3) is 10.5. The minimum Gasteiger partial charge on any atom is -0.507 e. The van der Waals surface area contributed by atoms with Crippen LogP contribution >= 0.6 is 31.9 Å². The quantitative estimate of drug-likeness (QED) is 0.124. The molecule has 7 heteroatoms. The number of nitrogens with zero attached hydrogens (tertiary/aromatic N) is 1. The highest BCUT2D eigenvalue weighted by Crippen LogP contribution is 2.40. The fourth-order valence-corrected chi connectivity index (χ4v) is 5.54. The molecule has 1 unspecified atom stereocenters. The summed E-state index contributed by atoms with van der Waals surface area (Å²) in [7, 11) is 0. The molecular weight excluding hydrogens is 598 g/mol. The summed E-state index contributed by atoms with van der Waals surface area (Å²) in [6.45, 7) is 2.45. The van der Waals surface area contributed by atoms with Crippen molar-refractivity contribution >= 4 is 43.7 Å². The number of allylic oxidation sites excluding steroid dienone is 2. The Balaban J connectivity index is 1.54. The number of phenolic OH excluding ortho intramolecular Hbond substituents is 1. The Morgan fingerprint density at radius 3 is 2.03 bits per heavy atom. The van der Waals surface area contributed by atoms with E-state index < -0.39 is 11.5 Å². The van der Waals surface area contributed by atoms with E-state index >= 15 is 0 Å². The maximum atomic E-state index is 12.9. The van der Waals surface area contributed by atoms with Crippen molar-refractivity contribution in [1.82, 2.24) is 4.90 Å². The van der Waals surface area contributed by atoms with Gasteiger partial charge in [0.05, 0.1) is 4.47 Å². The van der Waals surface area contributed by atoms with Crippen LogP contribution in [0.3, 0.4) is 0 Å². The van der Waals surface area contributed by atoms with E-state index in [4.69, 9.17) is 0 Å². The van der Waals surface area contributed by atoms with E-state index in [2.05, 4.69) is 50.9 Å². The molecule has 208 valence electrons. The van der Waals surface area contributed by atoms with Gasteiger partial charge < -0.3 is 10.2 Å². The standard InChI is InChI=1S/C30H45Br2NO4/c1-2-3-4-5-6-7-8-9-10-11-12-13-14-15-16-17-18-19-27(35)33-21-20-30(37,29(33)36)24-22-25(31)28(32)26(34)23-24/h12-13,22-23,34,37H,2-11,14-21H2,1H3/b13-12+. The predicted octanol–water partition coefficient (Wildman–Crippen LogP) is 8.68. The van der Waals surface area contributed by atoms with Crippen molar-refractivity contribution in [3.8, 4) is 5.75 Å². The highest BCUT2D eigenvalue weighted by molar-refractivity contribution is 9.13. The molecule has 0 bridgehead atoms. The van der Waals surface area contributed by atoms with Crippen molar-refractivity contribution in [3.05, 3.63) is 38.8 Å². The van der Waals surface area contributed by atoms with Crippen LogP contribution < -0.4 is 0 Å². The molecule has 1 aliphatic heterocycles. The summed E-state index contributed by atoms with van der Waals surface area (Å²) in [6.07, 6.45) is 23.5. The second kappa shape index (κ2) is 17.4. The number of imide groups is 1. The minimum atomic E-state index is -1.79. The molecule has 1 saturated heterocycles. The van der Waals surface area contributed by atoms with Crippen molar-refractivity contribution in [2.24, 2.45) is 0 Å². The fourth-order valence-electron chi connectivity index (χ4n) is 4.86. The van der Waals surface area contributed by atoms with E-state index in [0.717, 1.165) is 32.1 Å². The van der Waals surface area contributed by atoms with Gasteiger partial charge in [0.1, 0.15) is 5.75 Å². The summed E-state index contributed by atoms with van der Waals surface area (Å²) in [4.78, 5) is 26.7. The maximum Gasteiger partial charge on any atom is 0.265 e. The fraction of sp³-hybridized carbons (Fsp3) is 0.667. The average molecular weight is 644 g/mol. The van der Waals surface area contributed by atoms with Crippen LogP contribution in [0.1, 0.15) is 122 Å². The molecule has 1 aliphatic rings. The number of unbranched alkanes of at least 4 members (excludes halogenated alkanes) is 13. The monoisotopic (exact) mass is 641 g/mol. The summed E-state index contributed by atoms with van der Waals surface area (Å²) in [6, 6.07) is 2.96.